The molecule has 154 valence electrons. The van der Waals surface area contributed by atoms with Gasteiger partial charge in [0.15, 0.2) is 4.96 Å². The minimum Gasteiger partial charge on any atom is -0.396 e. The van der Waals surface area contributed by atoms with E-state index in [-0.39, 0.29) is 42.2 Å². The van der Waals surface area contributed by atoms with Crippen LogP contribution in [0.5, 0.6) is 0 Å². The number of fused-ring (bicyclic) bond motifs is 1. The number of thiazole rings is 1. The third-order valence-corrected chi connectivity index (χ3v) is 6.66. The van der Waals surface area contributed by atoms with Crippen LogP contribution in [0, 0.1) is 12.8 Å². The molecule has 0 amide bonds. The number of hydrogen-bond acceptors (Lipinski definition) is 5. The Morgan fingerprint density at radius 3 is 2.69 bits per heavy atom. The van der Waals surface area contributed by atoms with E-state index < -0.39 is 11.9 Å². The summed E-state index contributed by atoms with van der Waals surface area (Å²) in [5.41, 5.74) is 0.449. The molecular formula is C19H19F3N4O2S. The first-order valence-electron chi connectivity index (χ1n) is 9.54. The zero-order valence-electron chi connectivity index (χ0n) is 15.6. The average Bonchev–Trinajstić information content (AvgIpc) is 3.55. The Morgan fingerprint density at radius 1 is 1.31 bits per heavy atom. The number of alkyl halides is 3. The molecule has 0 radical (unpaired) electrons. The monoisotopic (exact) mass is 424 g/mol. The molecule has 0 aliphatic heterocycles. The molecule has 29 heavy (non-hydrogen) atoms. The van der Waals surface area contributed by atoms with E-state index in [0.717, 1.165) is 40.6 Å². The Kier molecular flexibility index (Phi) is 4.15. The normalized spacial score (nSPS) is 21.8. The quantitative estimate of drug-likeness (QED) is 0.682. The van der Waals surface area contributed by atoms with Crippen molar-refractivity contribution in [2.45, 2.75) is 50.7 Å². The van der Waals surface area contributed by atoms with Gasteiger partial charge in [0, 0.05) is 35.1 Å². The van der Waals surface area contributed by atoms with Gasteiger partial charge in [-0.05, 0) is 38.2 Å². The summed E-state index contributed by atoms with van der Waals surface area (Å²) in [5.74, 6) is 0.374. The van der Waals surface area contributed by atoms with Crippen molar-refractivity contribution in [3.8, 4) is 0 Å². The van der Waals surface area contributed by atoms with Gasteiger partial charge in [0.25, 0.3) is 5.56 Å². The van der Waals surface area contributed by atoms with Crippen molar-refractivity contribution in [2.75, 3.05) is 6.61 Å². The second-order valence-electron chi connectivity index (χ2n) is 7.92. The molecule has 2 atom stereocenters. The van der Waals surface area contributed by atoms with Crippen LogP contribution in [0.2, 0.25) is 0 Å². The summed E-state index contributed by atoms with van der Waals surface area (Å²) in [5, 5.41) is 13.5. The number of nitrogens with zero attached hydrogens (tertiary/aromatic N) is 4. The second-order valence-corrected chi connectivity index (χ2v) is 9.10. The standard InChI is InChI=1S/C19H19F3N4O2S/c1-9-17(13-4-11(13)8-27)26-16(28)5-12(23-18(26)29-9)7-25-15(19(20,21)22)6-14(24-25)10-2-3-10/h5-6,10-11,13,27H,2-4,7-8H2,1H3/t11-,13+/m0/s1. The molecule has 1 N–H and O–H groups in total. The maximum Gasteiger partial charge on any atom is 0.433 e. The highest BCUT2D eigenvalue weighted by Gasteiger charge is 2.41. The molecule has 6 nitrogen and oxygen atoms in total. The Labute approximate surface area is 167 Å². The van der Waals surface area contributed by atoms with Gasteiger partial charge in [0.2, 0.25) is 0 Å². The molecule has 2 aliphatic rings. The van der Waals surface area contributed by atoms with Crippen molar-refractivity contribution in [2.24, 2.45) is 5.92 Å². The van der Waals surface area contributed by atoms with E-state index in [0.29, 0.717) is 10.7 Å². The van der Waals surface area contributed by atoms with Crippen LogP contribution in [0.3, 0.4) is 0 Å². The zero-order chi connectivity index (χ0) is 20.5. The second kappa shape index (κ2) is 6.40. The molecule has 5 rings (SSSR count). The van der Waals surface area contributed by atoms with Gasteiger partial charge >= 0.3 is 6.18 Å². The highest BCUT2D eigenvalue weighted by molar-refractivity contribution is 7.17. The van der Waals surface area contributed by atoms with E-state index in [1.807, 2.05) is 6.92 Å². The van der Waals surface area contributed by atoms with Crippen LogP contribution < -0.4 is 5.56 Å². The van der Waals surface area contributed by atoms with Gasteiger partial charge < -0.3 is 5.11 Å². The minimum absolute atomic E-state index is 0.0740. The van der Waals surface area contributed by atoms with Crippen LogP contribution in [0.1, 0.15) is 58.8 Å². The molecule has 2 saturated carbocycles. The van der Waals surface area contributed by atoms with E-state index in [2.05, 4.69) is 10.1 Å². The number of aromatic nitrogens is 4. The van der Waals surface area contributed by atoms with Crippen LogP contribution in [0.4, 0.5) is 13.2 Å². The molecule has 0 saturated heterocycles. The van der Waals surface area contributed by atoms with E-state index in [9.17, 15) is 23.1 Å². The predicted molar refractivity (Wildman–Crippen MR) is 100 cm³/mol. The topological polar surface area (TPSA) is 72.4 Å². The number of aliphatic hydroxyl groups excluding tert-OH is 1. The third kappa shape index (κ3) is 3.28. The number of halogens is 3. The fourth-order valence-electron chi connectivity index (χ4n) is 3.95. The van der Waals surface area contributed by atoms with Gasteiger partial charge in [0.05, 0.1) is 17.9 Å². The molecule has 0 bridgehead atoms. The molecule has 0 aromatic carbocycles. The van der Waals surface area contributed by atoms with Gasteiger partial charge in [0.1, 0.15) is 5.69 Å². The number of hydrogen-bond donors (Lipinski definition) is 1. The Morgan fingerprint density at radius 2 is 2.07 bits per heavy atom. The van der Waals surface area contributed by atoms with Crippen molar-refractivity contribution < 1.29 is 18.3 Å². The molecule has 0 spiro atoms. The van der Waals surface area contributed by atoms with Crippen LogP contribution >= 0.6 is 11.3 Å². The first-order valence-corrected chi connectivity index (χ1v) is 10.4. The van der Waals surface area contributed by atoms with Gasteiger partial charge in [-0.3, -0.25) is 13.9 Å². The van der Waals surface area contributed by atoms with Crippen molar-refractivity contribution in [3.05, 3.63) is 50.1 Å². The van der Waals surface area contributed by atoms with Gasteiger partial charge in [-0.15, -0.1) is 11.3 Å². The fraction of sp³-hybridized carbons (Fsp3) is 0.526. The summed E-state index contributed by atoms with van der Waals surface area (Å²) in [6.45, 7) is 1.77. The van der Waals surface area contributed by atoms with Crippen molar-refractivity contribution >= 4 is 16.3 Å². The SMILES string of the molecule is Cc1sc2nc(Cn3nc(C4CC4)cc3C(F)(F)F)cc(=O)n2c1[C@@H]1C[C@H]1CO. The summed E-state index contributed by atoms with van der Waals surface area (Å²) in [6.07, 6.45) is -1.99. The van der Waals surface area contributed by atoms with Crippen LogP contribution in [-0.2, 0) is 12.7 Å². The summed E-state index contributed by atoms with van der Waals surface area (Å²) >= 11 is 1.35. The van der Waals surface area contributed by atoms with Crippen LogP contribution in [-0.4, -0.2) is 30.9 Å². The lowest BCUT2D eigenvalue weighted by Crippen LogP contribution is -2.20. The van der Waals surface area contributed by atoms with E-state index >= 15 is 0 Å². The summed E-state index contributed by atoms with van der Waals surface area (Å²) in [6, 6.07) is 2.40. The maximum absolute atomic E-state index is 13.4. The lowest BCUT2D eigenvalue weighted by molar-refractivity contribution is -0.144. The molecule has 0 unspecified atom stereocenters. The molecule has 3 aromatic heterocycles. The molecular weight excluding hydrogens is 405 g/mol. The number of aliphatic hydroxyl groups is 1. The van der Waals surface area contributed by atoms with Crippen LogP contribution in [0.15, 0.2) is 16.9 Å². The molecule has 3 heterocycles. The molecule has 2 aliphatic carbocycles. The lowest BCUT2D eigenvalue weighted by atomic mass is 10.2. The van der Waals surface area contributed by atoms with E-state index in [4.69, 9.17) is 0 Å². The highest BCUT2D eigenvalue weighted by atomic mass is 32.1. The third-order valence-electron chi connectivity index (χ3n) is 5.69. The first kappa shape index (κ1) is 18.8. The smallest absolute Gasteiger partial charge is 0.396 e. The van der Waals surface area contributed by atoms with E-state index in [1.165, 1.54) is 21.8 Å². The predicted octanol–water partition coefficient (Wildman–Crippen LogP) is 3.30. The van der Waals surface area contributed by atoms with Gasteiger partial charge in [-0.25, -0.2) is 4.98 Å². The van der Waals surface area contributed by atoms with Crippen molar-refractivity contribution in [1.82, 2.24) is 19.2 Å². The molecule has 3 aromatic rings. The zero-order valence-corrected chi connectivity index (χ0v) is 16.4. The Bertz CT molecular complexity index is 1160. The Balaban J connectivity index is 1.53. The van der Waals surface area contributed by atoms with Gasteiger partial charge in [-0.2, -0.15) is 18.3 Å². The Hall–Kier alpha value is -2.20. The largest absolute Gasteiger partial charge is 0.433 e. The van der Waals surface area contributed by atoms with Crippen LogP contribution in [0.25, 0.3) is 4.96 Å². The highest BCUT2D eigenvalue weighted by Crippen LogP contribution is 2.49. The molecule has 10 heteroatoms. The molecule has 2 fully saturated rings. The lowest BCUT2D eigenvalue weighted by Gasteiger charge is -2.10. The van der Waals surface area contributed by atoms with Crippen molar-refractivity contribution in [1.29, 1.82) is 0 Å². The maximum atomic E-state index is 13.4. The number of aryl methyl sites for hydroxylation is 1. The van der Waals surface area contributed by atoms with Crippen molar-refractivity contribution in [3.63, 3.8) is 0 Å². The summed E-state index contributed by atoms with van der Waals surface area (Å²) < 4.78 is 42.8. The minimum atomic E-state index is -4.52. The van der Waals surface area contributed by atoms with E-state index in [1.54, 1.807) is 0 Å². The first-order chi connectivity index (χ1) is 13.8. The fourth-order valence-corrected chi connectivity index (χ4v) is 5.02. The average molecular weight is 424 g/mol. The number of rotatable bonds is 5. The van der Waals surface area contributed by atoms with Gasteiger partial charge in [-0.1, -0.05) is 0 Å². The summed E-state index contributed by atoms with van der Waals surface area (Å²) in [7, 11) is 0. The summed E-state index contributed by atoms with van der Waals surface area (Å²) in [4.78, 5) is 18.6.